The van der Waals surface area contributed by atoms with Gasteiger partial charge in [-0.2, -0.15) is 0 Å². The molecule has 0 aliphatic heterocycles. The van der Waals surface area contributed by atoms with Gasteiger partial charge in [0.05, 0.1) is 0 Å². The van der Waals surface area contributed by atoms with Crippen LogP contribution in [0.1, 0.15) is 0 Å². The van der Waals surface area contributed by atoms with E-state index >= 15 is 0 Å². The Kier molecular flexibility index (Phi) is 2.54. The fourth-order valence-corrected chi connectivity index (χ4v) is 5.26. The fourth-order valence-electron chi connectivity index (χ4n) is 3.04. The van der Waals surface area contributed by atoms with Crippen molar-refractivity contribution in [2.75, 3.05) is 0 Å². The van der Waals surface area contributed by atoms with E-state index in [2.05, 4.69) is 65.8 Å². The molecule has 3 heterocycles. The van der Waals surface area contributed by atoms with Gasteiger partial charge in [-0.15, -0.1) is 0 Å². The van der Waals surface area contributed by atoms with E-state index in [1.165, 1.54) is 35.9 Å². The van der Waals surface area contributed by atoms with Crippen LogP contribution < -0.4 is 0 Å². The Hall–Kier alpha value is -2.35. The molecule has 104 valence electrons. The third-order valence-corrected chi connectivity index (χ3v) is 6.37. The van der Waals surface area contributed by atoms with Gasteiger partial charge in [0.1, 0.15) is 0 Å². The van der Waals surface area contributed by atoms with Crippen LogP contribution in [0.5, 0.6) is 0 Å². The Bertz CT molecular complexity index is 1120. The van der Waals surface area contributed by atoms with Gasteiger partial charge in [-0.25, -0.2) is 0 Å². The van der Waals surface area contributed by atoms with Gasteiger partial charge >= 0.3 is 133 Å². The Balaban J connectivity index is 1.89. The number of hydrogen-bond acceptors (Lipinski definition) is 1. The number of aromatic nitrogens is 2. The van der Waals surface area contributed by atoms with Crippen LogP contribution in [-0.4, -0.2) is 24.5 Å². The van der Waals surface area contributed by atoms with Crippen molar-refractivity contribution >= 4 is 45.0 Å². The standard InChI is InChI=1S/C19H12N2Se/c1-2-6-12(7-3-1)16-11-20-18-14(16)10-15-13-8-4-5-9-17(13)22-19(15)21-18/h1-11H,(H,20,21). The first kappa shape index (κ1) is 12.2. The number of fused-ring (bicyclic) bond motifs is 4. The molecular weight excluding hydrogens is 335 g/mol. The first-order chi connectivity index (χ1) is 10.9. The van der Waals surface area contributed by atoms with Crippen LogP contribution in [0.3, 0.4) is 0 Å². The van der Waals surface area contributed by atoms with Crippen LogP contribution in [0.4, 0.5) is 0 Å². The molecule has 0 atom stereocenters. The van der Waals surface area contributed by atoms with Crippen molar-refractivity contribution in [3.63, 3.8) is 0 Å². The van der Waals surface area contributed by atoms with E-state index in [4.69, 9.17) is 4.98 Å². The summed E-state index contributed by atoms with van der Waals surface area (Å²) in [4.78, 5) is 8.23. The molecule has 0 aliphatic rings. The number of aromatic amines is 1. The van der Waals surface area contributed by atoms with Crippen molar-refractivity contribution in [1.29, 1.82) is 0 Å². The predicted molar refractivity (Wildman–Crippen MR) is 93.5 cm³/mol. The van der Waals surface area contributed by atoms with Gasteiger partial charge in [-0.1, -0.05) is 0 Å². The molecule has 2 aromatic carbocycles. The second-order valence-corrected chi connectivity index (χ2v) is 7.57. The van der Waals surface area contributed by atoms with Crippen molar-refractivity contribution in [3.05, 3.63) is 66.9 Å². The maximum atomic E-state index is 4.89. The fraction of sp³-hybridized carbons (Fsp3) is 0. The van der Waals surface area contributed by atoms with Crippen LogP contribution in [0.15, 0.2) is 66.9 Å². The minimum absolute atomic E-state index is 0.318. The summed E-state index contributed by atoms with van der Waals surface area (Å²) in [6, 6.07) is 21.5. The zero-order valence-corrected chi connectivity index (χ0v) is 13.4. The first-order valence-electron chi connectivity index (χ1n) is 7.25. The third-order valence-electron chi connectivity index (χ3n) is 4.10. The molecule has 0 radical (unpaired) electrons. The number of rotatable bonds is 1. The quantitative estimate of drug-likeness (QED) is 0.441. The molecule has 0 aliphatic carbocycles. The molecule has 0 amide bonds. The molecule has 1 N–H and O–H groups in total. The van der Waals surface area contributed by atoms with E-state index in [1.807, 2.05) is 6.07 Å². The van der Waals surface area contributed by atoms with Crippen LogP contribution in [0, 0.1) is 0 Å². The Morgan fingerprint density at radius 3 is 2.55 bits per heavy atom. The van der Waals surface area contributed by atoms with E-state index in [0.717, 1.165) is 5.65 Å². The van der Waals surface area contributed by atoms with Crippen molar-refractivity contribution in [2.45, 2.75) is 0 Å². The summed E-state index contributed by atoms with van der Waals surface area (Å²) in [6.07, 6.45) is 2.07. The Labute approximate surface area is 133 Å². The molecular formula is C19H12N2Se. The van der Waals surface area contributed by atoms with E-state index < -0.39 is 0 Å². The maximum absolute atomic E-state index is 4.89. The summed E-state index contributed by atoms with van der Waals surface area (Å²) in [5, 5.41) is 3.87. The number of nitrogens with one attached hydrogen (secondary N) is 1. The zero-order valence-electron chi connectivity index (χ0n) is 11.7. The average Bonchev–Trinajstić information content (AvgIpc) is 3.14. The number of pyridine rings is 1. The molecule has 5 aromatic rings. The normalized spacial score (nSPS) is 11.6. The summed E-state index contributed by atoms with van der Waals surface area (Å²) in [5.41, 5.74) is 3.45. The summed E-state index contributed by atoms with van der Waals surface area (Å²) >= 11 is 0.318. The Morgan fingerprint density at radius 1 is 0.818 bits per heavy atom. The van der Waals surface area contributed by atoms with Gasteiger partial charge in [-0.3, -0.25) is 0 Å². The summed E-state index contributed by atoms with van der Waals surface area (Å²) < 4.78 is 2.68. The van der Waals surface area contributed by atoms with Crippen LogP contribution in [-0.2, 0) is 0 Å². The topological polar surface area (TPSA) is 28.7 Å². The predicted octanol–water partition coefficient (Wildman–Crippen LogP) is 4.59. The summed E-state index contributed by atoms with van der Waals surface area (Å²) in [5.74, 6) is 0. The molecule has 0 unspecified atom stereocenters. The average molecular weight is 347 g/mol. The molecule has 0 saturated carbocycles. The van der Waals surface area contributed by atoms with Crippen molar-refractivity contribution in [2.24, 2.45) is 0 Å². The Morgan fingerprint density at radius 2 is 1.64 bits per heavy atom. The molecule has 3 heteroatoms. The van der Waals surface area contributed by atoms with E-state index in [0.29, 0.717) is 14.5 Å². The minimum atomic E-state index is 0.318. The summed E-state index contributed by atoms with van der Waals surface area (Å²) in [7, 11) is 0. The first-order valence-corrected chi connectivity index (χ1v) is 8.96. The van der Waals surface area contributed by atoms with Crippen molar-refractivity contribution < 1.29 is 0 Å². The van der Waals surface area contributed by atoms with E-state index in [1.54, 1.807) is 0 Å². The second-order valence-electron chi connectivity index (χ2n) is 5.40. The molecule has 3 aromatic heterocycles. The van der Waals surface area contributed by atoms with Crippen LogP contribution in [0.2, 0.25) is 0 Å². The molecule has 0 bridgehead atoms. The second kappa shape index (κ2) is 4.57. The van der Waals surface area contributed by atoms with Crippen molar-refractivity contribution in [3.8, 4) is 11.1 Å². The van der Waals surface area contributed by atoms with Gasteiger partial charge < -0.3 is 0 Å². The van der Waals surface area contributed by atoms with Gasteiger partial charge in [0, 0.05) is 0 Å². The number of benzene rings is 2. The molecule has 0 spiro atoms. The molecule has 2 nitrogen and oxygen atoms in total. The third kappa shape index (κ3) is 1.70. The summed E-state index contributed by atoms with van der Waals surface area (Å²) in [6.45, 7) is 0. The van der Waals surface area contributed by atoms with E-state index in [9.17, 15) is 0 Å². The van der Waals surface area contributed by atoms with Gasteiger partial charge in [-0.05, 0) is 0 Å². The number of hydrogen-bond donors (Lipinski definition) is 1. The number of nitrogens with zero attached hydrogens (tertiary/aromatic N) is 1. The van der Waals surface area contributed by atoms with Gasteiger partial charge in [0.25, 0.3) is 0 Å². The van der Waals surface area contributed by atoms with Crippen molar-refractivity contribution in [1.82, 2.24) is 9.97 Å². The zero-order chi connectivity index (χ0) is 14.5. The van der Waals surface area contributed by atoms with Crippen LogP contribution in [0.25, 0.3) is 41.6 Å². The SMILES string of the molecule is c1ccc(-c2c[nH]c3nc4[se]c5ccccc5c4cc23)cc1. The number of H-pyrrole nitrogens is 1. The van der Waals surface area contributed by atoms with Gasteiger partial charge in [0.2, 0.25) is 0 Å². The molecule has 0 fully saturated rings. The monoisotopic (exact) mass is 348 g/mol. The molecule has 5 rings (SSSR count). The van der Waals surface area contributed by atoms with Gasteiger partial charge in [0.15, 0.2) is 0 Å². The molecule has 22 heavy (non-hydrogen) atoms. The van der Waals surface area contributed by atoms with Crippen LogP contribution >= 0.6 is 0 Å². The van der Waals surface area contributed by atoms with E-state index in [-0.39, 0.29) is 0 Å². The molecule has 0 saturated heterocycles.